The van der Waals surface area contributed by atoms with Gasteiger partial charge in [0.15, 0.2) is 5.13 Å². The Morgan fingerprint density at radius 1 is 1.20 bits per heavy atom. The number of carbonyl (C=O) groups is 1. The van der Waals surface area contributed by atoms with E-state index >= 15 is 0 Å². The molecule has 0 aliphatic carbocycles. The summed E-state index contributed by atoms with van der Waals surface area (Å²) in [6, 6.07) is 16.6. The third-order valence-electron chi connectivity index (χ3n) is 3.58. The van der Waals surface area contributed by atoms with Crippen LogP contribution in [0.2, 0.25) is 0 Å². The molecule has 1 amide bonds. The molecule has 0 aliphatic rings. The van der Waals surface area contributed by atoms with E-state index in [1.165, 1.54) is 11.3 Å². The molecule has 0 unspecified atom stereocenters. The average Bonchev–Trinajstić information content (AvgIpc) is 3.10. The van der Waals surface area contributed by atoms with E-state index in [0.29, 0.717) is 10.7 Å². The summed E-state index contributed by atoms with van der Waals surface area (Å²) in [4.78, 5) is 16.6. The number of hydrogen-bond acceptors (Lipinski definition) is 5. The van der Waals surface area contributed by atoms with Gasteiger partial charge >= 0.3 is 0 Å². The molecule has 3 aromatic rings. The topological polar surface area (TPSA) is 75.0 Å². The van der Waals surface area contributed by atoms with Gasteiger partial charge in [-0.2, -0.15) is 5.26 Å². The molecule has 2 aromatic carbocycles. The highest BCUT2D eigenvalue weighted by molar-refractivity contribution is 7.14. The monoisotopic (exact) mass is 349 g/mol. The summed E-state index contributed by atoms with van der Waals surface area (Å²) in [5.41, 5.74) is 3.20. The van der Waals surface area contributed by atoms with Crippen LogP contribution in [-0.2, 0) is 11.2 Å². The molecule has 0 saturated heterocycles. The first kappa shape index (κ1) is 16.7. The van der Waals surface area contributed by atoms with Crippen molar-refractivity contribution in [2.75, 3.05) is 12.4 Å². The van der Waals surface area contributed by atoms with Crippen LogP contribution in [-0.4, -0.2) is 18.0 Å². The SMILES string of the molecule is COc1ccc(-c2csc(NC(=O)Cc3ccc(C#N)cc3)n2)cc1. The van der Waals surface area contributed by atoms with Crippen LogP contribution in [0.4, 0.5) is 5.13 Å². The highest BCUT2D eigenvalue weighted by Gasteiger charge is 2.09. The van der Waals surface area contributed by atoms with Crippen molar-refractivity contribution in [3.63, 3.8) is 0 Å². The van der Waals surface area contributed by atoms with E-state index in [-0.39, 0.29) is 12.3 Å². The first-order valence-corrected chi connectivity index (χ1v) is 8.45. The second kappa shape index (κ2) is 7.60. The molecule has 0 atom stereocenters. The second-order valence-electron chi connectivity index (χ2n) is 5.30. The van der Waals surface area contributed by atoms with Gasteiger partial charge in [-0.3, -0.25) is 4.79 Å². The maximum Gasteiger partial charge on any atom is 0.230 e. The van der Waals surface area contributed by atoms with Crippen molar-refractivity contribution in [3.8, 4) is 23.1 Å². The summed E-state index contributed by atoms with van der Waals surface area (Å²) >= 11 is 1.38. The van der Waals surface area contributed by atoms with Gasteiger partial charge in [0.2, 0.25) is 5.91 Å². The lowest BCUT2D eigenvalue weighted by Gasteiger charge is -2.02. The Morgan fingerprint density at radius 3 is 2.56 bits per heavy atom. The fourth-order valence-electron chi connectivity index (χ4n) is 2.27. The number of rotatable bonds is 5. The normalized spacial score (nSPS) is 10.1. The fourth-order valence-corrected chi connectivity index (χ4v) is 3.01. The summed E-state index contributed by atoms with van der Waals surface area (Å²) in [5, 5.41) is 14.1. The van der Waals surface area contributed by atoms with Crippen LogP contribution >= 0.6 is 11.3 Å². The van der Waals surface area contributed by atoms with Crippen molar-refractivity contribution < 1.29 is 9.53 Å². The number of methoxy groups -OCH3 is 1. The van der Waals surface area contributed by atoms with E-state index in [0.717, 1.165) is 22.6 Å². The number of hydrogen-bond donors (Lipinski definition) is 1. The van der Waals surface area contributed by atoms with Crippen molar-refractivity contribution in [2.45, 2.75) is 6.42 Å². The van der Waals surface area contributed by atoms with Gasteiger partial charge in [-0.05, 0) is 42.0 Å². The lowest BCUT2D eigenvalue weighted by Crippen LogP contribution is -2.14. The molecule has 1 N–H and O–H groups in total. The molecule has 0 radical (unpaired) electrons. The van der Waals surface area contributed by atoms with E-state index in [1.807, 2.05) is 29.6 Å². The minimum absolute atomic E-state index is 0.139. The number of amides is 1. The maximum atomic E-state index is 12.1. The van der Waals surface area contributed by atoms with Gasteiger partial charge in [-0.1, -0.05) is 12.1 Å². The number of anilines is 1. The van der Waals surface area contributed by atoms with Gasteiger partial charge in [-0.25, -0.2) is 4.98 Å². The van der Waals surface area contributed by atoms with Gasteiger partial charge in [0, 0.05) is 10.9 Å². The van der Waals surface area contributed by atoms with Gasteiger partial charge in [0.1, 0.15) is 5.75 Å². The molecule has 0 fully saturated rings. The number of carbonyl (C=O) groups excluding carboxylic acids is 1. The Balaban J connectivity index is 1.63. The molecular weight excluding hydrogens is 334 g/mol. The van der Waals surface area contributed by atoms with E-state index in [1.54, 1.807) is 31.4 Å². The standard InChI is InChI=1S/C19H15N3O2S/c1-24-16-8-6-15(7-9-16)17-12-25-19(21-17)22-18(23)10-13-2-4-14(11-20)5-3-13/h2-9,12H,10H2,1H3,(H,21,22,23). The smallest absolute Gasteiger partial charge is 0.230 e. The minimum atomic E-state index is -0.139. The zero-order valence-corrected chi connectivity index (χ0v) is 14.3. The molecule has 25 heavy (non-hydrogen) atoms. The number of nitriles is 1. The Morgan fingerprint density at radius 2 is 1.92 bits per heavy atom. The van der Waals surface area contributed by atoms with Crippen molar-refractivity contribution in [2.24, 2.45) is 0 Å². The first-order chi connectivity index (χ1) is 12.2. The van der Waals surface area contributed by atoms with Gasteiger partial charge < -0.3 is 10.1 Å². The molecular formula is C19H15N3O2S. The van der Waals surface area contributed by atoms with E-state index in [4.69, 9.17) is 10.00 Å². The van der Waals surface area contributed by atoms with Gasteiger partial charge in [-0.15, -0.1) is 11.3 Å². The quantitative estimate of drug-likeness (QED) is 0.759. The molecule has 0 spiro atoms. The molecule has 0 saturated carbocycles. The molecule has 3 rings (SSSR count). The summed E-state index contributed by atoms with van der Waals surface area (Å²) < 4.78 is 5.14. The van der Waals surface area contributed by atoms with Crippen LogP contribution in [0.5, 0.6) is 5.75 Å². The number of nitrogens with one attached hydrogen (secondary N) is 1. The number of thiazole rings is 1. The predicted octanol–water partition coefficient (Wildman–Crippen LogP) is 3.87. The van der Waals surface area contributed by atoms with Crippen LogP contribution in [0.1, 0.15) is 11.1 Å². The zero-order chi connectivity index (χ0) is 17.6. The Bertz CT molecular complexity index is 909. The number of nitrogens with zero attached hydrogens (tertiary/aromatic N) is 2. The minimum Gasteiger partial charge on any atom is -0.497 e. The Labute approximate surface area is 149 Å². The molecule has 0 bridgehead atoms. The van der Waals surface area contributed by atoms with Crippen molar-refractivity contribution in [1.82, 2.24) is 4.98 Å². The molecule has 124 valence electrons. The summed E-state index contributed by atoms with van der Waals surface area (Å²) in [6.07, 6.45) is 0.239. The maximum absolute atomic E-state index is 12.1. The summed E-state index contributed by atoms with van der Waals surface area (Å²) in [6.45, 7) is 0. The van der Waals surface area contributed by atoms with Crippen molar-refractivity contribution in [1.29, 1.82) is 5.26 Å². The second-order valence-corrected chi connectivity index (χ2v) is 6.16. The summed E-state index contributed by atoms with van der Waals surface area (Å²) in [5.74, 6) is 0.648. The van der Waals surface area contributed by atoms with E-state index in [9.17, 15) is 4.79 Å². The van der Waals surface area contributed by atoms with Crippen LogP contribution in [0.15, 0.2) is 53.9 Å². The van der Waals surface area contributed by atoms with Crippen LogP contribution < -0.4 is 10.1 Å². The van der Waals surface area contributed by atoms with E-state index < -0.39 is 0 Å². The average molecular weight is 349 g/mol. The van der Waals surface area contributed by atoms with Gasteiger partial charge in [0.05, 0.1) is 30.9 Å². The highest BCUT2D eigenvalue weighted by Crippen LogP contribution is 2.26. The molecule has 5 nitrogen and oxygen atoms in total. The molecule has 0 aliphatic heterocycles. The van der Waals surface area contributed by atoms with Crippen molar-refractivity contribution in [3.05, 3.63) is 65.0 Å². The lowest BCUT2D eigenvalue weighted by molar-refractivity contribution is -0.115. The largest absolute Gasteiger partial charge is 0.497 e. The fraction of sp³-hybridized carbons (Fsp3) is 0.105. The van der Waals surface area contributed by atoms with E-state index in [2.05, 4.69) is 16.4 Å². The third kappa shape index (κ3) is 4.22. The van der Waals surface area contributed by atoms with Crippen LogP contribution in [0, 0.1) is 11.3 Å². The van der Waals surface area contributed by atoms with Gasteiger partial charge in [0.25, 0.3) is 0 Å². The first-order valence-electron chi connectivity index (χ1n) is 7.57. The lowest BCUT2D eigenvalue weighted by atomic mass is 10.1. The van der Waals surface area contributed by atoms with Crippen LogP contribution in [0.25, 0.3) is 11.3 Å². The Hall–Kier alpha value is -3.17. The summed E-state index contributed by atoms with van der Waals surface area (Å²) in [7, 11) is 1.62. The predicted molar refractivity (Wildman–Crippen MR) is 97.6 cm³/mol. The number of aromatic nitrogens is 1. The molecule has 6 heteroatoms. The molecule has 1 heterocycles. The zero-order valence-electron chi connectivity index (χ0n) is 13.5. The number of ether oxygens (including phenoxy) is 1. The van der Waals surface area contributed by atoms with Crippen molar-refractivity contribution >= 4 is 22.4 Å². The molecule has 1 aromatic heterocycles. The third-order valence-corrected chi connectivity index (χ3v) is 4.34. The van der Waals surface area contributed by atoms with Crippen LogP contribution in [0.3, 0.4) is 0 Å². The highest BCUT2D eigenvalue weighted by atomic mass is 32.1. The number of benzene rings is 2. The Kier molecular flexibility index (Phi) is 5.07.